The van der Waals surface area contributed by atoms with E-state index in [2.05, 4.69) is 19.7 Å². The van der Waals surface area contributed by atoms with E-state index in [1.807, 2.05) is 36.4 Å². The number of fused-ring (bicyclic) bond motifs is 3. The van der Waals surface area contributed by atoms with Gasteiger partial charge in [-0.2, -0.15) is 0 Å². The zero-order chi connectivity index (χ0) is 18.9. The van der Waals surface area contributed by atoms with Crippen LogP contribution in [0.3, 0.4) is 0 Å². The SMILES string of the molecule is Clc1ccc2c(c1)COCc1nnc([C@H]3CC[C@H](Oc4ccccn4)CC3)n1-2. The smallest absolute Gasteiger partial charge is 0.213 e. The lowest BCUT2D eigenvalue weighted by Gasteiger charge is -2.28. The van der Waals surface area contributed by atoms with Gasteiger partial charge in [0.25, 0.3) is 0 Å². The maximum Gasteiger partial charge on any atom is 0.213 e. The van der Waals surface area contributed by atoms with Crippen molar-refractivity contribution in [3.63, 3.8) is 0 Å². The second kappa shape index (κ2) is 7.53. The summed E-state index contributed by atoms with van der Waals surface area (Å²) in [7, 11) is 0. The normalized spacial score (nSPS) is 21.5. The number of aromatic nitrogens is 4. The molecule has 0 atom stereocenters. The minimum Gasteiger partial charge on any atom is -0.474 e. The molecule has 1 aliphatic heterocycles. The number of hydrogen-bond acceptors (Lipinski definition) is 5. The Morgan fingerprint density at radius 1 is 1.04 bits per heavy atom. The molecular formula is C21H21ClN4O2. The second-order valence-corrected chi connectivity index (χ2v) is 7.77. The summed E-state index contributed by atoms with van der Waals surface area (Å²) in [6.45, 7) is 0.987. The Labute approximate surface area is 168 Å². The molecule has 3 aromatic rings. The van der Waals surface area contributed by atoms with E-state index in [4.69, 9.17) is 21.1 Å². The van der Waals surface area contributed by atoms with Crippen molar-refractivity contribution in [3.8, 4) is 11.6 Å². The van der Waals surface area contributed by atoms with E-state index in [1.54, 1.807) is 6.20 Å². The zero-order valence-electron chi connectivity index (χ0n) is 15.4. The molecule has 0 spiro atoms. The first-order chi connectivity index (χ1) is 13.8. The number of hydrogen-bond donors (Lipinski definition) is 0. The topological polar surface area (TPSA) is 62.1 Å². The quantitative estimate of drug-likeness (QED) is 0.654. The minimum absolute atomic E-state index is 0.201. The van der Waals surface area contributed by atoms with Crippen LogP contribution in [-0.2, 0) is 18.0 Å². The predicted molar refractivity (Wildman–Crippen MR) is 105 cm³/mol. The van der Waals surface area contributed by atoms with E-state index in [-0.39, 0.29) is 6.10 Å². The standard InChI is InChI=1S/C21H21ClN4O2/c22-16-6-9-18-15(11-16)12-27-13-19-24-25-21(26(18)19)14-4-7-17(8-5-14)28-20-3-1-2-10-23-20/h1-3,6,9-11,14,17H,4-5,7-8,12-13H2/t14-,17-. The molecule has 0 amide bonds. The third kappa shape index (κ3) is 3.38. The first-order valence-corrected chi connectivity index (χ1v) is 10.0. The lowest BCUT2D eigenvalue weighted by atomic mass is 9.86. The number of halogens is 1. The minimum atomic E-state index is 0.201. The summed E-state index contributed by atoms with van der Waals surface area (Å²) in [5.74, 6) is 2.92. The van der Waals surface area contributed by atoms with Gasteiger partial charge >= 0.3 is 0 Å². The van der Waals surface area contributed by atoms with Gasteiger partial charge in [0.15, 0.2) is 5.82 Å². The molecule has 0 saturated heterocycles. The molecule has 1 aliphatic carbocycles. The van der Waals surface area contributed by atoms with Gasteiger partial charge in [-0.3, -0.25) is 4.57 Å². The highest BCUT2D eigenvalue weighted by atomic mass is 35.5. The second-order valence-electron chi connectivity index (χ2n) is 7.34. The Balaban J connectivity index is 1.37. The average molecular weight is 397 g/mol. The number of ether oxygens (including phenoxy) is 2. The highest BCUT2D eigenvalue weighted by molar-refractivity contribution is 6.30. The van der Waals surface area contributed by atoms with E-state index in [1.165, 1.54) is 0 Å². The summed E-state index contributed by atoms with van der Waals surface area (Å²) < 4.78 is 14.0. The molecule has 6 nitrogen and oxygen atoms in total. The molecule has 0 unspecified atom stereocenters. The first kappa shape index (κ1) is 17.6. The number of rotatable bonds is 3. The maximum absolute atomic E-state index is 6.19. The molecule has 2 aromatic heterocycles. The molecule has 0 bridgehead atoms. The van der Waals surface area contributed by atoms with Crippen molar-refractivity contribution in [2.45, 2.75) is 50.9 Å². The molecular weight excluding hydrogens is 376 g/mol. The molecule has 3 heterocycles. The van der Waals surface area contributed by atoms with Gasteiger partial charge < -0.3 is 9.47 Å². The fraction of sp³-hybridized carbons (Fsp3) is 0.381. The van der Waals surface area contributed by atoms with Gasteiger partial charge in [-0.05, 0) is 49.9 Å². The van der Waals surface area contributed by atoms with Crippen LogP contribution in [-0.4, -0.2) is 25.9 Å². The highest BCUT2D eigenvalue weighted by Crippen LogP contribution is 2.36. The van der Waals surface area contributed by atoms with E-state index >= 15 is 0 Å². The lowest BCUT2D eigenvalue weighted by molar-refractivity contribution is 0.105. The Morgan fingerprint density at radius 3 is 2.75 bits per heavy atom. The average Bonchev–Trinajstić information content (AvgIpc) is 3.05. The number of nitrogens with zero attached hydrogens (tertiary/aromatic N) is 4. The van der Waals surface area contributed by atoms with Crippen molar-refractivity contribution in [1.29, 1.82) is 0 Å². The van der Waals surface area contributed by atoms with Crippen molar-refractivity contribution in [1.82, 2.24) is 19.7 Å². The molecule has 28 heavy (non-hydrogen) atoms. The van der Waals surface area contributed by atoms with Crippen molar-refractivity contribution in [2.24, 2.45) is 0 Å². The molecule has 2 aliphatic rings. The van der Waals surface area contributed by atoms with Crippen LogP contribution in [0.2, 0.25) is 5.02 Å². The van der Waals surface area contributed by atoms with Crippen LogP contribution in [0.1, 0.15) is 48.8 Å². The van der Waals surface area contributed by atoms with Gasteiger partial charge in [0.1, 0.15) is 18.5 Å². The molecule has 144 valence electrons. The Hall–Kier alpha value is -2.44. The van der Waals surface area contributed by atoms with Gasteiger partial charge in [-0.1, -0.05) is 17.7 Å². The van der Waals surface area contributed by atoms with Crippen LogP contribution in [0.4, 0.5) is 0 Å². The van der Waals surface area contributed by atoms with Crippen molar-refractivity contribution < 1.29 is 9.47 Å². The van der Waals surface area contributed by atoms with E-state index < -0.39 is 0 Å². The summed E-state index contributed by atoms with van der Waals surface area (Å²) >= 11 is 6.19. The van der Waals surface area contributed by atoms with Gasteiger partial charge in [0, 0.05) is 28.8 Å². The first-order valence-electron chi connectivity index (χ1n) is 9.66. The van der Waals surface area contributed by atoms with Crippen molar-refractivity contribution >= 4 is 11.6 Å². The van der Waals surface area contributed by atoms with Crippen LogP contribution >= 0.6 is 11.6 Å². The van der Waals surface area contributed by atoms with E-state index in [9.17, 15) is 0 Å². The van der Waals surface area contributed by atoms with Gasteiger partial charge in [-0.25, -0.2) is 4.98 Å². The maximum atomic E-state index is 6.19. The molecule has 7 heteroatoms. The van der Waals surface area contributed by atoms with Crippen LogP contribution < -0.4 is 4.74 Å². The zero-order valence-corrected chi connectivity index (χ0v) is 16.2. The van der Waals surface area contributed by atoms with Crippen LogP contribution in [0.5, 0.6) is 5.88 Å². The third-order valence-electron chi connectivity index (χ3n) is 5.49. The summed E-state index contributed by atoms with van der Waals surface area (Å²) in [5, 5.41) is 9.67. The number of pyridine rings is 1. The Morgan fingerprint density at radius 2 is 1.93 bits per heavy atom. The van der Waals surface area contributed by atoms with E-state index in [0.29, 0.717) is 30.0 Å². The van der Waals surface area contributed by atoms with Crippen LogP contribution in [0.15, 0.2) is 42.6 Å². The van der Waals surface area contributed by atoms with Gasteiger partial charge in [0.2, 0.25) is 5.88 Å². The summed E-state index contributed by atoms with van der Waals surface area (Å²) in [4.78, 5) is 4.27. The highest BCUT2D eigenvalue weighted by Gasteiger charge is 2.30. The molecule has 1 saturated carbocycles. The Kier molecular flexibility index (Phi) is 4.74. The molecule has 1 fully saturated rings. The van der Waals surface area contributed by atoms with Crippen LogP contribution in [0.25, 0.3) is 5.69 Å². The lowest BCUT2D eigenvalue weighted by Crippen LogP contribution is -2.25. The van der Waals surface area contributed by atoms with Gasteiger partial charge in [-0.15, -0.1) is 10.2 Å². The molecule has 0 N–H and O–H groups in total. The van der Waals surface area contributed by atoms with Gasteiger partial charge in [0.05, 0.1) is 12.3 Å². The molecule has 1 aromatic carbocycles. The van der Waals surface area contributed by atoms with E-state index in [0.717, 1.165) is 48.6 Å². The monoisotopic (exact) mass is 396 g/mol. The molecule has 0 radical (unpaired) electrons. The van der Waals surface area contributed by atoms with Crippen LogP contribution in [0, 0.1) is 0 Å². The summed E-state index contributed by atoms with van der Waals surface area (Å²) in [6.07, 6.45) is 5.95. The largest absolute Gasteiger partial charge is 0.474 e. The van der Waals surface area contributed by atoms with Crippen molar-refractivity contribution in [3.05, 3.63) is 64.8 Å². The Bertz CT molecular complexity index is 968. The predicted octanol–water partition coefficient (Wildman–Crippen LogP) is 4.45. The number of benzene rings is 1. The van der Waals surface area contributed by atoms with Crippen molar-refractivity contribution in [2.75, 3.05) is 0 Å². The summed E-state index contributed by atoms with van der Waals surface area (Å²) in [6, 6.07) is 11.7. The molecule has 5 rings (SSSR count). The third-order valence-corrected chi connectivity index (χ3v) is 5.73. The summed E-state index contributed by atoms with van der Waals surface area (Å²) in [5.41, 5.74) is 2.14. The fourth-order valence-corrected chi connectivity index (χ4v) is 4.31. The fourth-order valence-electron chi connectivity index (χ4n) is 4.12.